The normalized spacial score (nSPS) is 7.64. The SMILES string of the molecule is Cl.Cl.NC(=O)Cc1cnc[nH]1. The summed E-state index contributed by atoms with van der Waals surface area (Å²) in [6.45, 7) is 0. The maximum Gasteiger partial charge on any atom is 0.223 e. The van der Waals surface area contributed by atoms with Crippen molar-refractivity contribution in [3.8, 4) is 0 Å². The lowest BCUT2D eigenvalue weighted by Crippen LogP contribution is -2.13. The van der Waals surface area contributed by atoms with Crippen LogP contribution in [0.25, 0.3) is 0 Å². The zero-order valence-electron chi connectivity index (χ0n) is 5.61. The van der Waals surface area contributed by atoms with Crippen LogP contribution in [0.15, 0.2) is 12.5 Å². The van der Waals surface area contributed by atoms with E-state index in [1.54, 1.807) is 6.20 Å². The second-order valence-corrected chi connectivity index (χ2v) is 1.72. The van der Waals surface area contributed by atoms with E-state index in [9.17, 15) is 4.79 Å². The number of rotatable bonds is 2. The summed E-state index contributed by atoms with van der Waals surface area (Å²) in [5, 5.41) is 0. The monoisotopic (exact) mass is 197 g/mol. The average Bonchev–Trinajstić information content (AvgIpc) is 2.15. The molecule has 0 aliphatic carbocycles. The lowest BCUT2D eigenvalue weighted by molar-refractivity contribution is -0.117. The molecule has 1 aromatic rings. The van der Waals surface area contributed by atoms with E-state index in [0.717, 1.165) is 5.69 Å². The fourth-order valence-corrected chi connectivity index (χ4v) is 0.569. The van der Waals surface area contributed by atoms with Crippen LogP contribution in [0.2, 0.25) is 0 Å². The van der Waals surface area contributed by atoms with Gasteiger partial charge in [-0.15, -0.1) is 24.8 Å². The molecule has 0 saturated heterocycles. The van der Waals surface area contributed by atoms with Gasteiger partial charge in [0.2, 0.25) is 5.91 Å². The molecule has 1 rings (SSSR count). The maximum absolute atomic E-state index is 10.2. The van der Waals surface area contributed by atoms with Crippen LogP contribution in [0.5, 0.6) is 0 Å². The number of nitrogens with one attached hydrogen (secondary N) is 1. The summed E-state index contributed by atoms with van der Waals surface area (Å²) < 4.78 is 0. The number of carbonyl (C=O) groups is 1. The molecular weight excluding hydrogens is 189 g/mol. The van der Waals surface area contributed by atoms with Crippen molar-refractivity contribution >= 4 is 30.7 Å². The molecule has 64 valence electrons. The molecule has 11 heavy (non-hydrogen) atoms. The first-order chi connectivity index (χ1) is 4.29. The molecule has 0 spiro atoms. The molecule has 1 aromatic heterocycles. The van der Waals surface area contributed by atoms with Crippen molar-refractivity contribution in [2.24, 2.45) is 5.73 Å². The Kier molecular flexibility index (Phi) is 7.04. The van der Waals surface area contributed by atoms with Gasteiger partial charge in [0, 0.05) is 11.9 Å². The van der Waals surface area contributed by atoms with Crippen LogP contribution in [0.1, 0.15) is 5.69 Å². The van der Waals surface area contributed by atoms with Gasteiger partial charge in [-0.3, -0.25) is 4.79 Å². The summed E-state index contributed by atoms with van der Waals surface area (Å²) in [4.78, 5) is 16.7. The number of hydrogen-bond donors (Lipinski definition) is 2. The number of nitrogens with two attached hydrogens (primary N) is 1. The standard InChI is InChI=1S/C5H7N3O.2ClH/c6-5(9)1-4-2-7-3-8-4;;/h2-3H,1H2,(H2,6,9)(H,7,8);2*1H. The third-order valence-corrected chi connectivity index (χ3v) is 0.920. The van der Waals surface area contributed by atoms with E-state index < -0.39 is 0 Å². The van der Waals surface area contributed by atoms with E-state index in [0.29, 0.717) is 0 Å². The Morgan fingerprint density at radius 3 is 2.64 bits per heavy atom. The van der Waals surface area contributed by atoms with E-state index in [1.807, 2.05) is 0 Å². The molecule has 6 heteroatoms. The van der Waals surface area contributed by atoms with Crippen LogP contribution >= 0.6 is 24.8 Å². The summed E-state index contributed by atoms with van der Waals surface area (Å²) in [7, 11) is 0. The lowest BCUT2D eigenvalue weighted by Gasteiger charge is -1.86. The number of halogens is 2. The van der Waals surface area contributed by atoms with Crippen LogP contribution in [0.4, 0.5) is 0 Å². The van der Waals surface area contributed by atoms with Crippen molar-refractivity contribution in [2.75, 3.05) is 0 Å². The number of carbonyl (C=O) groups excluding carboxylic acids is 1. The molecule has 3 N–H and O–H groups in total. The molecule has 0 aliphatic rings. The highest BCUT2D eigenvalue weighted by molar-refractivity contribution is 5.85. The van der Waals surface area contributed by atoms with Gasteiger partial charge in [0.05, 0.1) is 12.7 Å². The number of hydrogen-bond acceptors (Lipinski definition) is 2. The first-order valence-corrected chi connectivity index (χ1v) is 2.54. The minimum Gasteiger partial charge on any atom is -0.369 e. The van der Waals surface area contributed by atoms with Gasteiger partial charge in [0.25, 0.3) is 0 Å². The van der Waals surface area contributed by atoms with Gasteiger partial charge in [-0.25, -0.2) is 4.98 Å². The fraction of sp³-hybridized carbons (Fsp3) is 0.200. The van der Waals surface area contributed by atoms with Crippen LogP contribution in [0, 0.1) is 0 Å². The van der Waals surface area contributed by atoms with E-state index >= 15 is 0 Å². The number of aromatic nitrogens is 2. The maximum atomic E-state index is 10.2. The Morgan fingerprint density at radius 1 is 1.64 bits per heavy atom. The Balaban J connectivity index is 0. The molecule has 0 saturated carbocycles. The second kappa shape index (κ2) is 6.00. The number of amides is 1. The molecule has 1 heterocycles. The molecule has 0 fully saturated rings. The van der Waals surface area contributed by atoms with Gasteiger partial charge >= 0.3 is 0 Å². The highest BCUT2D eigenvalue weighted by atomic mass is 35.5. The number of imidazole rings is 1. The van der Waals surface area contributed by atoms with Crippen molar-refractivity contribution in [3.05, 3.63) is 18.2 Å². The predicted molar refractivity (Wildman–Crippen MR) is 46.0 cm³/mol. The van der Waals surface area contributed by atoms with Gasteiger partial charge in [-0.05, 0) is 0 Å². The minimum absolute atomic E-state index is 0. The number of primary amides is 1. The molecule has 0 unspecified atom stereocenters. The molecule has 0 aromatic carbocycles. The third kappa shape index (κ3) is 4.64. The lowest BCUT2D eigenvalue weighted by atomic mass is 10.3. The summed E-state index contributed by atoms with van der Waals surface area (Å²) >= 11 is 0. The van der Waals surface area contributed by atoms with Crippen LogP contribution in [-0.4, -0.2) is 15.9 Å². The van der Waals surface area contributed by atoms with E-state index in [4.69, 9.17) is 5.73 Å². The van der Waals surface area contributed by atoms with Crippen LogP contribution < -0.4 is 5.73 Å². The Morgan fingerprint density at radius 2 is 2.27 bits per heavy atom. The number of nitrogens with zero attached hydrogens (tertiary/aromatic N) is 1. The van der Waals surface area contributed by atoms with Crippen molar-refractivity contribution < 1.29 is 4.79 Å². The summed E-state index contributed by atoms with van der Waals surface area (Å²) in [6, 6.07) is 0. The quantitative estimate of drug-likeness (QED) is 0.716. The summed E-state index contributed by atoms with van der Waals surface area (Å²) in [5.41, 5.74) is 5.65. The number of aromatic amines is 1. The van der Waals surface area contributed by atoms with Crippen LogP contribution in [-0.2, 0) is 11.2 Å². The van der Waals surface area contributed by atoms with Gasteiger partial charge in [0.1, 0.15) is 0 Å². The minimum atomic E-state index is -0.348. The Hall–Kier alpha value is -0.740. The Bertz CT molecular complexity index is 200. The van der Waals surface area contributed by atoms with Gasteiger partial charge in [0.15, 0.2) is 0 Å². The molecule has 0 atom stereocenters. The molecule has 0 aliphatic heterocycles. The fourth-order valence-electron chi connectivity index (χ4n) is 0.569. The average molecular weight is 198 g/mol. The van der Waals surface area contributed by atoms with Crippen molar-refractivity contribution in [2.45, 2.75) is 6.42 Å². The topological polar surface area (TPSA) is 71.8 Å². The third-order valence-electron chi connectivity index (χ3n) is 0.920. The van der Waals surface area contributed by atoms with E-state index in [-0.39, 0.29) is 37.1 Å². The van der Waals surface area contributed by atoms with E-state index in [1.165, 1.54) is 6.33 Å². The highest BCUT2D eigenvalue weighted by Gasteiger charge is 1.96. The van der Waals surface area contributed by atoms with E-state index in [2.05, 4.69) is 9.97 Å². The van der Waals surface area contributed by atoms with Crippen molar-refractivity contribution in [1.82, 2.24) is 9.97 Å². The van der Waals surface area contributed by atoms with Gasteiger partial charge in [-0.2, -0.15) is 0 Å². The predicted octanol–water partition coefficient (Wildman–Crippen LogP) is 0.281. The zero-order valence-corrected chi connectivity index (χ0v) is 7.24. The highest BCUT2D eigenvalue weighted by Crippen LogP contribution is 1.89. The molecule has 1 amide bonds. The first-order valence-electron chi connectivity index (χ1n) is 2.54. The summed E-state index contributed by atoms with van der Waals surface area (Å²) in [6.07, 6.45) is 3.32. The van der Waals surface area contributed by atoms with Crippen molar-refractivity contribution in [3.63, 3.8) is 0 Å². The van der Waals surface area contributed by atoms with Gasteiger partial charge in [-0.1, -0.05) is 0 Å². The molecule has 4 nitrogen and oxygen atoms in total. The van der Waals surface area contributed by atoms with Gasteiger partial charge < -0.3 is 10.7 Å². The summed E-state index contributed by atoms with van der Waals surface area (Å²) in [5.74, 6) is -0.348. The van der Waals surface area contributed by atoms with Crippen molar-refractivity contribution in [1.29, 1.82) is 0 Å². The molecular formula is C5H9Cl2N3O. The molecule has 0 bridgehead atoms. The smallest absolute Gasteiger partial charge is 0.223 e. The van der Waals surface area contributed by atoms with Crippen LogP contribution in [0.3, 0.4) is 0 Å². The Labute approximate surface area is 76.4 Å². The second-order valence-electron chi connectivity index (χ2n) is 1.72. The zero-order chi connectivity index (χ0) is 6.69. The number of H-pyrrole nitrogens is 1. The molecule has 0 radical (unpaired) electrons. The largest absolute Gasteiger partial charge is 0.369 e. The first kappa shape index (κ1) is 12.9.